The van der Waals surface area contributed by atoms with Crippen molar-refractivity contribution in [2.75, 3.05) is 0 Å². The van der Waals surface area contributed by atoms with Crippen molar-refractivity contribution in [3.63, 3.8) is 0 Å². The molecule has 138 valence electrons. The maximum absolute atomic E-state index is 4.94. The highest BCUT2D eigenvalue weighted by Gasteiger charge is 2.20. The molecule has 0 unspecified atom stereocenters. The zero-order valence-electron chi connectivity index (χ0n) is 15.4. The predicted molar refractivity (Wildman–Crippen MR) is 115 cm³/mol. The Bertz CT molecular complexity index is 1450. The first-order valence-corrected chi connectivity index (χ1v) is 10.8. The van der Waals surface area contributed by atoms with Crippen molar-refractivity contribution in [3.8, 4) is 0 Å². The van der Waals surface area contributed by atoms with E-state index >= 15 is 0 Å². The molecular weight excluding hydrogens is 388 g/mol. The third kappa shape index (κ3) is 2.19. The van der Waals surface area contributed by atoms with Crippen LogP contribution in [-0.2, 0) is 33.4 Å². The van der Waals surface area contributed by atoms with Crippen molar-refractivity contribution in [2.24, 2.45) is 19.1 Å². The molecule has 0 aliphatic carbocycles. The number of rotatable bonds is 3. The molecule has 6 heterocycles. The number of hydrogen-bond donors (Lipinski definition) is 0. The van der Waals surface area contributed by atoms with E-state index in [1.165, 1.54) is 15.2 Å². The molecule has 6 nitrogen and oxygen atoms in total. The molecular formula is C20H16N6S2. The second-order valence-corrected chi connectivity index (χ2v) is 8.93. The summed E-state index contributed by atoms with van der Waals surface area (Å²) in [6, 6.07) is 4.08. The molecule has 5 aromatic rings. The zero-order chi connectivity index (χ0) is 18.8. The summed E-state index contributed by atoms with van der Waals surface area (Å²) in [4.78, 5) is 22.1. The quantitative estimate of drug-likeness (QED) is 0.450. The van der Waals surface area contributed by atoms with Crippen molar-refractivity contribution < 1.29 is 0 Å². The minimum Gasteiger partial charge on any atom is -0.323 e. The minimum absolute atomic E-state index is 0.859. The number of allylic oxidation sites excluding steroid dienone is 1. The van der Waals surface area contributed by atoms with Gasteiger partial charge in [0.2, 0.25) is 0 Å². The Kier molecular flexibility index (Phi) is 3.38. The van der Waals surface area contributed by atoms with Crippen molar-refractivity contribution in [3.05, 3.63) is 41.6 Å². The first kappa shape index (κ1) is 16.2. The van der Waals surface area contributed by atoms with E-state index in [9.17, 15) is 0 Å². The first-order valence-electron chi connectivity index (χ1n) is 9.14. The van der Waals surface area contributed by atoms with Gasteiger partial charge in [-0.1, -0.05) is 22.7 Å². The number of aryl methyl sites for hydroxylation is 4. The highest BCUT2D eigenvalue weighted by molar-refractivity contribution is 7.25. The van der Waals surface area contributed by atoms with Crippen LogP contribution in [0, 0.1) is 0 Å². The van der Waals surface area contributed by atoms with Crippen molar-refractivity contribution in [1.29, 1.82) is 0 Å². The van der Waals surface area contributed by atoms with Gasteiger partial charge >= 0.3 is 0 Å². The number of aromatic nitrogens is 5. The predicted octanol–water partition coefficient (Wildman–Crippen LogP) is 4.33. The smallest absolute Gasteiger partial charge is 0.133 e. The van der Waals surface area contributed by atoms with Crippen molar-refractivity contribution >= 4 is 64.5 Å². The number of aliphatic imine (C=N–C) groups is 1. The van der Waals surface area contributed by atoms with Gasteiger partial charge in [-0.2, -0.15) is 4.99 Å². The zero-order valence-corrected chi connectivity index (χ0v) is 17.1. The highest BCUT2D eigenvalue weighted by Crippen LogP contribution is 2.39. The summed E-state index contributed by atoms with van der Waals surface area (Å²) in [5.41, 5.74) is 3.39. The number of nitrogens with zero attached hydrogens (tertiary/aromatic N) is 6. The molecule has 0 saturated heterocycles. The molecule has 28 heavy (non-hydrogen) atoms. The molecule has 0 amide bonds. The maximum Gasteiger partial charge on any atom is 0.133 e. The molecule has 8 heteroatoms. The van der Waals surface area contributed by atoms with Gasteiger partial charge in [0, 0.05) is 50.5 Å². The largest absolute Gasteiger partial charge is 0.323 e. The van der Waals surface area contributed by atoms with Crippen LogP contribution < -0.4 is 0 Å². The lowest BCUT2D eigenvalue weighted by Crippen LogP contribution is -2.04. The molecule has 0 N–H and O–H groups in total. The van der Waals surface area contributed by atoms with E-state index in [-0.39, 0.29) is 0 Å². The summed E-state index contributed by atoms with van der Waals surface area (Å²) in [5, 5.41) is 2.19. The fourth-order valence-corrected chi connectivity index (χ4v) is 6.02. The maximum atomic E-state index is 4.94. The monoisotopic (exact) mass is 404 g/mol. The van der Waals surface area contributed by atoms with Gasteiger partial charge in [0.1, 0.15) is 42.2 Å². The fraction of sp³-hybridized carbons (Fsp3) is 0.250. The number of pyridine rings is 1. The highest BCUT2D eigenvalue weighted by atomic mass is 32.1. The average molecular weight is 405 g/mol. The minimum atomic E-state index is 0.859. The van der Waals surface area contributed by atoms with E-state index in [0.29, 0.717) is 0 Å². The van der Waals surface area contributed by atoms with Gasteiger partial charge in [-0.3, -0.25) is 0 Å². The molecule has 0 spiro atoms. The SMILES string of the molecule is Cn1c(CCc2nc3c4cccnc4sc3n2C)nc2c3c(sc21)N=C=CC3. The number of imidazole rings is 2. The molecule has 0 fully saturated rings. The molecule has 5 aromatic heterocycles. The van der Waals surface area contributed by atoms with Gasteiger partial charge in [-0.15, -0.1) is 0 Å². The Hall–Kier alpha value is -2.80. The number of hydrogen-bond acceptors (Lipinski definition) is 6. The topological polar surface area (TPSA) is 60.9 Å². The third-order valence-electron chi connectivity index (χ3n) is 5.36. The Morgan fingerprint density at radius 2 is 1.79 bits per heavy atom. The summed E-state index contributed by atoms with van der Waals surface area (Å²) in [6.07, 6.45) is 6.40. The van der Waals surface area contributed by atoms with E-state index in [2.05, 4.69) is 45.1 Å². The van der Waals surface area contributed by atoms with E-state index in [4.69, 9.17) is 9.97 Å². The van der Waals surface area contributed by atoms with E-state index in [0.717, 1.165) is 57.2 Å². The summed E-state index contributed by atoms with van der Waals surface area (Å²) in [5.74, 6) is 5.15. The van der Waals surface area contributed by atoms with Crippen LogP contribution >= 0.6 is 22.7 Å². The Labute approximate surface area is 168 Å². The third-order valence-corrected chi connectivity index (χ3v) is 7.73. The molecule has 0 saturated carbocycles. The molecule has 0 atom stereocenters. The van der Waals surface area contributed by atoms with Gasteiger partial charge in [0.25, 0.3) is 0 Å². The van der Waals surface area contributed by atoms with Crippen LogP contribution in [-0.4, -0.2) is 30.0 Å². The van der Waals surface area contributed by atoms with Crippen LogP contribution in [0.25, 0.3) is 30.9 Å². The van der Waals surface area contributed by atoms with Gasteiger partial charge in [-0.25, -0.2) is 15.0 Å². The second kappa shape index (κ2) is 5.85. The molecule has 1 aliphatic rings. The molecule has 6 rings (SSSR count). The molecule has 0 aromatic carbocycles. The Morgan fingerprint density at radius 1 is 1.04 bits per heavy atom. The van der Waals surface area contributed by atoms with Crippen LogP contribution in [0.1, 0.15) is 17.2 Å². The van der Waals surface area contributed by atoms with Gasteiger partial charge in [0.05, 0.1) is 0 Å². The number of thiophene rings is 2. The Balaban J connectivity index is 1.35. The molecule has 0 radical (unpaired) electrons. The lowest BCUT2D eigenvalue weighted by Gasteiger charge is -2.03. The van der Waals surface area contributed by atoms with Gasteiger partial charge in [0.15, 0.2) is 0 Å². The van der Waals surface area contributed by atoms with Crippen LogP contribution in [0.5, 0.6) is 0 Å². The normalized spacial score (nSPS) is 13.4. The lowest BCUT2D eigenvalue weighted by atomic mass is 10.2. The summed E-state index contributed by atoms with van der Waals surface area (Å²) in [7, 11) is 4.19. The number of fused-ring (bicyclic) bond motifs is 6. The van der Waals surface area contributed by atoms with Crippen LogP contribution in [0.3, 0.4) is 0 Å². The standard InChI is InChI=1S/C20H16N6S2/c1-25-13(23-15-11-5-3-9-21-17(11)27-19(15)25)7-8-14-24-16-12-6-4-10-22-18(12)28-20(16)26(14)2/h3-5,9H,6-8H2,1-2H3. The van der Waals surface area contributed by atoms with Crippen LogP contribution in [0.2, 0.25) is 0 Å². The van der Waals surface area contributed by atoms with Crippen LogP contribution in [0.15, 0.2) is 29.4 Å². The fourth-order valence-electron chi connectivity index (χ4n) is 3.86. The van der Waals surface area contributed by atoms with Crippen molar-refractivity contribution in [2.45, 2.75) is 19.3 Å². The first-order chi connectivity index (χ1) is 13.7. The lowest BCUT2D eigenvalue weighted by molar-refractivity contribution is 0.734. The second-order valence-electron chi connectivity index (χ2n) is 6.97. The molecule has 0 bridgehead atoms. The average Bonchev–Trinajstić information content (AvgIpc) is 3.42. The van der Waals surface area contributed by atoms with E-state index in [1.807, 2.05) is 18.3 Å². The summed E-state index contributed by atoms with van der Waals surface area (Å²) >= 11 is 3.41. The molecule has 1 aliphatic heterocycles. The van der Waals surface area contributed by atoms with E-state index < -0.39 is 0 Å². The Morgan fingerprint density at radius 3 is 2.61 bits per heavy atom. The summed E-state index contributed by atoms with van der Waals surface area (Å²) in [6.45, 7) is 0. The van der Waals surface area contributed by atoms with E-state index in [1.54, 1.807) is 22.7 Å². The van der Waals surface area contributed by atoms with Crippen molar-refractivity contribution in [1.82, 2.24) is 24.1 Å². The van der Waals surface area contributed by atoms with Gasteiger partial charge < -0.3 is 9.13 Å². The summed E-state index contributed by atoms with van der Waals surface area (Å²) < 4.78 is 4.41. The van der Waals surface area contributed by atoms with Crippen LogP contribution in [0.4, 0.5) is 5.00 Å². The van der Waals surface area contributed by atoms with Gasteiger partial charge in [-0.05, 0) is 24.1 Å².